The molecule has 0 amide bonds. The molecule has 1 rings (SSSR count). The topological polar surface area (TPSA) is 35.5 Å². The van der Waals surface area contributed by atoms with E-state index in [0.717, 1.165) is 12.8 Å². The van der Waals surface area contributed by atoms with Crippen LogP contribution in [-0.4, -0.2) is 24.8 Å². The monoisotopic (exact) mass is 170 g/mol. The minimum Gasteiger partial charge on any atom is -0.462 e. The van der Waals surface area contributed by atoms with Crippen molar-refractivity contribution < 1.29 is 14.3 Å². The third-order valence-electron chi connectivity index (χ3n) is 1.87. The Morgan fingerprint density at radius 2 is 2.50 bits per heavy atom. The quantitative estimate of drug-likeness (QED) is 0.471. The van der Waals surface area contributed by atoms with Crippen LogP contribution >= 0.6 is 0 Å². The largest absolute Gasteiger partial charge is 0.462 e. The van der Waals surface area contributed by atoms with Gasteiger partial charge in [0, 0.05) is 12.5 Å². The van der Waals surface area contributed by atoms with E-state index in [2.05, 4.69) is 6.58 Å². The second kappa shape index (κ2) is 4.26. The molecule has 1 saturated heterocycles. The van der Waals surface area contributed by atoms with Crippen LogP contribution in [0.1, 0.15) is 19.8 Å². The Hall–Kier alpha value is -0.830. The summed E-state index contributed by atoms with van der Waals surface area (Å²) in [7, 11) is 0. The molecule has 0 aromatic heterocycles. The van der Waals surface area contributed by atoms with Crippen LogP contribution in [0.3, 0.4) is 0 Å². The van der Waals surface area contributed by atoms with Gasteiger partial charge in [0.25, 0.3) is 0 Å². The van der Waals surface area contributed by atoms with Gasteiger partial charge in [-0.25, -0.2) is 4.79 Å². The lowest BCUT2D eigenvalue weighted by atomic mass is 10.0. The fraction of sp³-hybridized carbons (Fsp3) is 0.667. The Morgan fingerprint density at radius 1 is 1.83 bits per heavy atom. The minimum absolute atomic E-state index is 0.289. The molecule has 0 aromatic rings. The van der Waals surface area contributed by atoms with Gasteiger partial charge in [-0.3, -0.25) is 0 Å². The summed E-state index contributed by atoms with van der Waals surface area (Å²) in [5.74, 6) is -0.359. The second-order valence-electron chi connectivity index (χ2n) is 2.96. The molecule has 68 valence electrons. The molecular formula is C9H14O3. The third kappa shape index (κ3) is 2.66. The van der Waals surface area contributed by atoms with Crippen LogP contribution in [0.4, 0.5) is 0 Å². The first kappa shape index (κ1) is 9.26. The van der Waals surface area contributed by atoms with Gasteiger partial charge in [-0.1, -0.05) is 6.58 Å². The highest BCUT2D eigenvalue weighted by Crippen LogP contribution is 2.22. The molecule has 3 heteroatoms. The Morgan fingerprint density at radius 3 is 3.00 bits per heavy atom. The average molecular weight is 170 g/mol. The van der Waals surface area contributed by atoms with Crippen molar-refractivity contribution in [1.29, 1.82) is 0 Å². The summed E-state index contributed by atoms with van der Waals surface area (Å²) in [6, 6.07) is 0. The van der Waals surface area contributed by atoms with Crippen LogP contribution in [0, 0.1) is 0 Å². The molecule has 2 atom stereocenters. The number of ether oxygens (including phenoxy) is 2. The molecule has 0 N–H and O–H groups in total. The number of hydrogen-bond acceptors (Lipinski definition) is 3. The Kier molecular flexibility index (Phi) is 3.29. The first-order valence-corrected chi connectivity index (χ1v) is 4.17. The molecular weight excluding hydrogens is 156 g/mol. The molecule has 1 fully saturated rings. The fourth-order valence-corrected chi connectivity index (χ4v) is 1.22. The van der Waals surface area contributed by atoms with Crippen LogP contribution in [0.15, 0.2) is 12.7 Å². The van der Waals surface area contributed by atoms with E-state index in [4.69, 9.17) is 9.47 Å². The average Bonchev–Trinajstić information content (AvgIpc) is 2.01. The lowest BCUT2D eigenvalue weighted by molar-refractivity contribution is -0.144. The third-order valence-corrected chi connectivity index (χ3v) is 1.87. The predicted octanol–water partition coefficient (Wildman–Crippen LogP) is 1.28. The van der Waals surface area contributed by atoms with Gasteiger partial charge in [-0.15, -0.1) is 0 Å². The maximum atomic E-state index is 10.6. The Labute approximate surface area is 72.4 Å². The van der Waals surface area contributed by atoms with E-state index in [0.29, 0.717) is 12.7 Å². The molecule has 0 aliphatic carbocycles. The van der Waals surface area contributed by atoms with Gasteiger partial charge in [0.05, 0.1) is 18.8 Å². The van der Waals surface area contributed by atoms with Crippen LogP contribution in [0.25, 0.3) is 0 Å². The molecule has 1 heterocycles. The highest BCUT2D eigenvalue weighted by Gasteiger charge is 2.25. The lowest BCUT2D eigenvalue weighted by Gasteiger charge is -2.33. The Bertz CT molecular complexity index is 171. The smallest absolute Gasteiger partial charge is 0.330 e. The molecule has 0 bridgehead atoms. The first-order chi connectivity index (χ1) is 5.72. The van der Waals surface area contributed by atoms with Crippen LogP contribution < -0.4 is 0 Å². The molecule has 12 heavy (non-hydrogen) atoms. The molecule has 3 nitrogen and oxygen atoms in total. The lowest BCUT2D eigenvalue weighted by Crippen LogP contribution is -2.35. The van der Waals surface area contributed by atoms with Crippen molar-refractivity contribution >= 4 is 5.97 Å². The summed E-state index contributed by atoms with van der Waals surface area (Å²) in [4.78, 5) is 10.6. The van der Waals surface area contributed by atoms with E-state index in [1.54, 1.807) is 0 Å². The van der Waals surface area contributed by atoms with Crippen LogP contribution in [0.5, 0.6) is 0 Å². The molecule has 2 unspecified atom stereocenters. The van der Waals surface area contributed by atoms with Gasteiger partial charge >= 0.3 is 5.97 Å². The van der Waals surface area contributed by atoms with Crippen molar-refractivity contribution in [3.05, 3.63) is 12.7 Å². The number of esters is 1. The Balaban J connectivity index is 1.96. The minimum atomic E-state index is -0.359. The number of carbonyl (C=O) groups excluding carboxylic acids is 1. The van der Waals surface area contributed by atoms with E-state index in [-0.39, 0.29) is 12.1 Å². The van der Waals surface area contributed by atoms with E-state index in [9.17, 15) is 4.79 Å². The molecule has 0 saturated carbocycles. The van der Waals surface area contributed by atoms with Crippen molar-refractivity contribution in [3.63, 3.8) is 0 Å². The van der Waals surface area contributed by atoms with E-state index < -0.39 is 0 Å². The maximum absolute atomic E-state index is 10.6. The van der Waals surface area contributed by atoms with Gasteiger partial charge in [0.2, 0.25) is 0 Å². The summed E-state index contributed by atoms with van der Waals surface area (Å²) >= 11 is 0. The van der Waals surface area contributed by atoms with Crippen molar-refractivity contribution in [2.45, 2.75) is 32.0 Å². The summed E-state index contributed by atoms with van der Waals surface area (Å²) in [6.07, 6.45) is 3.71. The van der Waals surface area contributed by atoms with Gasteiger partial charge in [-0.05, 0) is 13.3 Å². The number of carbonyl (C=O) groups is 1. The van der Waals surface area contributed by atoms with Gasteiger partial charge < -0.3 is 9.47 Å². The molecule has 0 radical (unpaired) electrons. The molecule has 1 aliphatic rings. The normalized spacial score (nSPS) is 27.4. The molecule has 0 aromatic carbocycles. The SMILES string of the molecule is C=CC(=O)OCCC1CC(C)O1. The molecule has 0 spiro atoms. The fourth-order valence-electron chi connectivity index (χ4n) is 1.22. The highest BCUT2D eigenvalue weighted by molar-refractivity contribution is 5.81. The van der Waals surface area contributed by atoms with Crippen molar-refractivity contribution in [3.8, 4) is 0 Å². The van der Waals surface area contributed by atoms with Crippen molar-refractivity contribution in [2.75, 3.05) is 6.61 Å². The summed E-state index contributed by atoms with van der Waals surface area (Å²) in [5.41, 5.74) is 0. The zero-order valence-corrected chi connectivity index (χ0v) is 7.29. The second-order valence-corrected chi connectivity index (χ2v) is 2.96. The highest BCUT2D eigenvalue weighted by atomic mass is 16.5. The summed E-state index contributed by atoms with van der Waals surface area (Å²) in [5, 5.41) is 0. The van der Waals surface area contributed by atoms with Crippen LogP contribution in [-0.2, 0) is 14.3 Å². The number of rotatable bonds is 4. The van der Waals surface area contributed by atoms with Gasteiger partial charge in [0.1, 0.15) is 0 Å². The summed E-state index contributed by atoms with van der Waals surface area (Å²) in [6.45, 7) is 5.77. The standard InChI is InChI=1S/C9H14O3/c1-3-9(10)11-5-4-8-6-7(2)12-8/h3,7-8H,1,4-6H2,2H3. The first-order valence-electron chi connectivity index (χ1n) is 4.17. The van der Waals surface area contributed by atoms with Crippen molar-refractivity contribution in [2.24, 2.45) is 0 Å². The van der Waals surface area contributed by atoms with Gasteiger partial charge in [-0.2, -0.15) is 0 Å². The zero-order chi connectivity index (χ0) is 8.97. The predicted molar refractivity (Wildman–Crippen MR) is 44.7 cm³/mol. The van der Waals surface area contributed by atoms with Crippen LogP contribution in [0.2, 0.25) is 0 Å². The van der Waals surface area contributed by atoms with Crippen molar-refractivity contribution in [1.82, 2.24) is 0 Å². The maximum Gasteiger partial charge on any atom is 0.330 e. The van der Waals surface area contributed by atoms with E-state index in [1.807, 2.05) is 6.92 Å². The summed E-state index contributed by atoms with van der Waals surface area (Å²) < 4.78 is 10.1. The number of hydrogen-bond donors (Lipinski definition) is 0. The zero-order valence-electron chi connectivity index (χ0n) is 7.29. The molecule has 1 aliphatic heterocycles. The van der Waals surface area contributed by atoms with E-state index in [1.165, 1.54) is 6.08 Å². The van der Waals surface area contributed by atoms with Gasteiger partial charge in [0.15, 0.2) is 0 Å². The van der Waals surface area contributed by atoms with E-state index >= 15 is 0 Å².